The summed E-state index contributed by atoms with van der Waals surface area (Å²) >= 11 is 0. The quantitative estimate of drug-likeness (QED) is 0.673. The largest absolute Gasteiger partial charge is 0.447 e. The lowest BCUT2D eigenvalue weighted by molar-refractivity contribution is -0.126. The molecule has 0 unspecified atom stereocenters. The smallest absolute Gasteiger partial charge is 0.414 e. The van der Waals surface area contributed by atoms with Gasteiger partial charge in [0.1, 0.15) is 6.61 Å². The third-order valence-corrected chi connectivity index (χ3v) is 5.81. The van der Waals surface area contributed by atoms with Gasteiger partial charge < -0.3 is 25.2 Å². The van der Waals surface area contributed by atoms with Gasteiger partial charge in [0.05, 0.1) is 6.54 Å². The number of hydrogen-bond donors (Lipinski definition) is 2. The molecule has 3 rings (SSSR count). The van der Waals surface area contributed by atoms with E-state index in [1.807, 2.05) is 20.2 Å². The van der Waals surface area contributed by atoms with E-state index in [2.05, 4.69) is 29.4 Å². The Morgan fingerprint density at radius 3 is 2.53 bits per heavy atom. The molecule has 0 bridgehead atoms. The number of carbonyl (C=O) groups excluding carboxylic acids is 3. The van der Waals surface area contributed by atoms with Gasteiger partial charge in [-0.15, -0.1) is 0 Å². The van der Waals surface area contributed by atoms with Crippen molar-refractivity contribution in [3.8, 4) is 0 Å². The third kappa shape index (κ3) is 6.35. The summed E-state index contributed by atoms with van der Waals surface area (Å²) in [6, 6.07) is 6.97. The molecule has 0 radical (unpaired) electrons. The number of urea groups is 1. The molecule has 1 aromatic rings. The fourth-order valence-corrected chi connectivity index (χ4v) is 4.31. The lowest BCUT2D eigenvalue weighted by Crippen LogP contribution is -2.46. The minimum Gasteiger partial charge on any atom is -0.447 e. The van der Waals surface area contributed by atoms with Gasteiger partial charge in [0, 0.05) is 43.5 Å². The molecule has 2 fully saturated rings. The summed E-state index contributed by atoms with van der Waals surface area (Å²) in [5.74, 6) is 0.000743. The highest BCUT2D eigenvalue weighted by atomic mass is 16.6. The molecule has 32 heavy (non-hydrogen) atoms. The van der Waals surface area contributed by atoms with E-state index < -0.39 is 0 Å². The number of ether oxygens (including phenoxy) is 1. The van der Waals surface area contributed by atoms with Gasteiger partial charge in [0.25, 0.3) is 0 Å². The van der Waals surface area contributed by atoms with Crippen molar-refractivity contribution in [2.75, 3.05) is 63.6 Å². The van der Waals surface area contributed by atoms with E-state index in [1.165, 1.54) is 0 Å². The molecular weight excluding hydrogens is 410 g/mol. The van der Waals surface area contributed by atoms with Crippen LogP contribution in [0, 0.1) is 11.3 Å². The second-order valence-corrected chi connectivity index (χ2v) is 9.63. The number of cyclic esters (lactones) is 1. The summed E-state index contributed by atoms with van der Waals surface area (Å²) < 4.78 is 4.97. The molecule has 1 aromatic carbocycles. The van der Waals surface area contributed by atoms with Gasteiger partial charge in [0.15, 0.2) is 0 Å². The minimum atomic E-state index is -0.376. The second kappa shape index (κ2) is 10.2. The van der Waals surface area contributed by atoms with Crippen molar-refractivity contribution in [1.29, 1.82) is 0 Å². The van der Waals surface area contributed by atoms with Crippen LogP contribution in [0.3, 0.4) is 0 Å². The van der Waals surface area contributed by atoms with Crippen molar-refractivity contribution < 1.29 is 19.1 Å². The van der Waals surface area contributed by atoms with Crippen LogP contribution in [0.1, 0.15) is 26.7 Å². The molecule has 2 aliphatic heterocycles. The highest BCUT2D eigenvalue weighted by Gasteiger charge is 2.29. The zero-order valence-electron chi connectivity index (χ0n) is 19.5. The van der Waals surface area contributed by atoms with Gasteiger partial charge in [-0.3, -0.25) is 9.69 Å². The first-order valence-corrected chi connectivity index (χ1v) is 11.2. The van der Waals surface area contributed by atoms with Gasteiger partial charge in [-0.05, 0) is 50.6 Å². The van der Waals surface area contributed by atoms with Gasteiger partial charge in [-0.25, -0.2) is 9.59 Å². The van der Waals surface area contributed by atoms with Crippen molar-refractivity contribution >= 4 is 29.4 Å². The summed E-state index contributed by atoms with van der Waals surface area (Å²) in [6.45, 7) is 7.73. The molecule has 9 heteroatoms. The average molecular weight is 446 g/mol. The number of rotatable bonds is 7. The van der Waals surface area contributed by atoms with Crippen LogP contribution in [0.2, 0.25) is 0 Å². The standard InChI is InChI=1S/C23H35N5O4/c1-23(2,16-26(3)4)15-24-20(29)17-8-10-27(11-9-17)21(30)25-18-6-5-7-19(14-18)28-12-13-32-22(28)31/h5-7,14,17H,8-13,15-16H2,1-4H3,(H,24,29)(H,25,30). The molecule has 0 saturated carbocycles. The third-order valence-electron chi connectivity index (χ3n) is 5.81. The molecule has 0 atom stereocenters. The fourth-order valence-electron chi connectivity index (χ4n) is 4.31. The first-order chi connectivity index (χ1) is 15.1. The van der Waals surface area contributed by atoms with Crippen molar-refractivity contribution in [2.45, 2.75) is 26.7 Å². The van der Waals surface area contributed by atoms with E-state index in [4.69, 9.17) is 4.74 Å². The molecule has 2 saturated heterocycles. The summed E-state index contributed by atoms with van der Waals surface area (Å²) in [7, 11) is 4.06. The highest BCUT2D eigenvalue weighted by Crippen LogP contribution is 2.24. The van der Waals surface area contributed by atoms with Gasteiger partial charge in [-0.2, -0.15) is 0 Å². The molecule has 2 N–H and O–H groups in total. The molecule has 0 aromatic heterocycles. The van der Waals surface area contributed by atoms with E-state index in [1.54, 1.807) is 28.0 Å². The maximum absolute atomic E-state index is 12.7. The van der Waals surface area contributed by atoms with Crippen molar-refractivity contribution in [3.05, 3.63) is 24.3 Å². The van der Waals surface area contributed by atoms with Crippen LogP contribution in [0.5, 0.6) is 0 Å². The average Bonchev–Trinajstić information content (AvgIpc) is 3.17. The predicted octanol–water partition coefficient (Wildman–Crippen LogP) is 2.59. The molecule has 9 nitrogen and oxygen atoms in total. The normalized spacial score (nSPS) is 17.5. The monoisotopic (exact) mass is 445 g/mol. The number of nitrogens with zero attached hydrogens (tertiary/aromatic N) is 3. The van der Waals surface area contributed by atoms with Gasteiger partial charge in [0.2, 0.25) is 5.91 Å². The summed E-state index contributed by atoms with van der Waals surface area (Å²) in [4.78, 5) is 42.5. The van der Waals surface area contributed by atoms with E-state index in [-0.39, 0.29) is 29.4 Å². The Morgan fingerprint density at radius 1 is 1.19 bits per heavy atom. The maximum atomic E-state index is 12.7. The highest BCUT2D eigenvalue weighted by molar-refractivity contribution is 5.93. The van der Waals surface area contributed by atoms with E-state index >= 15 is 0 Å². The summed E-state index contributed by atoms with van der Waals surface area (Å²) in [5.41, 5.74) is 1.31. The Kier molecular flexibility index (Phi) is 7.60. The molecule has 176 valence electrons. The molecular formula is C23H35N5O4. The van der Waals surface area contributed by atoms with Crippen molar-refractivity contribution in [1.82, 2.24) is 15.1 Å². The van der Waals surface area contributed by atoms with Crippen LogP contribution in [0.25, 0.3) is 0 Å². The van der Waals surface area contributed by atoms with Crippen LogP contribution < -0.4 is 15.5 Å². The van der Waals surface area contributed by atoms with Gasteiger partial charge >= 0.3 is 12.1 Å². The van der Waals surface area contributed by atoms with Crippen LogP contribution >= 0.6 is 0 Å². The zero-order valence-corrected chi connectivity index (χ0v) is 19.5. The Hall–Kier alpha value is -2.81. The lowest BCUT2D eigenvalue weighted by Gasteiger charge is -2.33. The lowest BCUT2D eigenvalue weighted by atomic mass is 9.91. The number of piperidine rings is 1. The van der Waals surface area contributed by atoms with Crippen molar-refractivity contribution in [3.63, 3.8) is 0 Å². The molecule has 4 amide bonds. The Bertz CT molecular complexity index is 833. The maximum Gasteiger partial charge on any atom is 0.414 e. The number of nitrogens with one attached hydrogen (secondary N) is 2. The SMILES string of the molecule is CN(C)CC(C)(C)CNC(=O)C1CCN(C(=O)Nc2cccc(N3CCOC3=O)c2)CC1. The number of hydrogen-bond acceptors (Lipinski definition) is 5. The first kappa shape index (κ1) is 23.8. The number of carbonyl (C=O) groups is 3. The number of likely N-dealkylation sites (tertiary alicyclic amines) is 1. The van der Waals surface area contributed by atoms with Crippen molar-refractivity contribution in [2.24, 2.45) is 11.3 Å². The Morgan fingerprint density at radius 2 is 1.91 bits per heavy atom. The molecule has 2 heterocycles. The first-order valence-electron chi connectivity index (χ1n) is 11.2. The van der Waals surface area contributed by atoms with Gasteiger partial charge in [-0.1, -0.05) is 19.9 Å². The van der Waals surface area contributed by atoms with E-state index in [0.29, 0.717) is 57.0 Å². The zero-order chi connectivity index (χ0) is 23.3. The predicted molar refractivity (Wildman–Crippen MR) is 124 cm³/mol. The fraction of sp³-hybridized carbons (Fsp3) is 0.609. The molecule has 2 aliphatic rings. The van der Waals surface area contributed by atoms with Crippen LogP contribution in [-0.4, -0.2) is 81.3 Å². The van der Waals surface area contributed by atoms with E-state index in [9.17, 15) is 14.4 Å². The van der Waals surface area contributed by atoms with Crippen LogP contribution in [-0.2, 0) is 9.53 Å². The summed E-state index contributed by atoms with van der Waals surface area (Å²) in [5, 5.41) is 5.99. The Labute approximate surface area is 190 Å². The number of amides is 4. The number of benzene rings is 1. The van der Waals surface area contributed by atoms with Crippen LogP contribution in [0.15, 0.2) is 24.3 Å². The molecule has 0 aliphatic carbocycles. The minimum absolute atomic E-state index is 0.0000909. The topological polar surface area (TPSA) is 94.2 Å². The molecule has 0 spiro atoms. The van der Waals surface area contributed by atoms with Crippen LogP contribution in [0.4, 0.5) is 21.0 Å². The summed E-state index contributed by atoms with van der Waals surface area (Å²) in [6.07, 6.45) is 0.916. The Balaban J connectivity index is 1.46. The number of anilines is 2. The second-order valence-electron chi connectivity index (χ2n) is 9.63. The van der Waals surface area contributed by atoms with E-state index in [0.717, 1.165) is 6.54 Å².